The molecular formula is C19H21F3N2O4S. The molecule has 0 bridgehead atoms. The lowest BCUT2D eigenvalue weighted by Gasteiger charge is -2.38. The highest BCUT2D eigenvalue weighted by Gasteiger charge is 2.49. The van der Waals surface area contributed by atoms with Crippen molar-refractivity contribution in [3.63, 3.8) is 0 Å². The third-order valence-corrected chi connectivity index (χ3v) is 8.47. The van der Waals surface area contributed by atoms with Gasteiger partial charge in [0.1, 0.15) is 6.10 Å². The van der Waals surface area contributed by atoms with E-state index in [1.807, 2.05) is 0 Å². The third kappa shape index (κ3) is 3.68. The number of alkyl halides is 3. The number of sulfone groups is 1. The van der Waals surface area contributed by atoms with E-state index in [-0.39, 0.29) is 36.7 Å². The van der Waals surface area contributed by atoms with Crippen LogP contribution in [0.25, 0.3) is 0 Å². The second kappa shape index (κ2) is 7.09. The molecule has 0 N–H and O–H groups in total. The minimum atomic E-state index is -4.62. The van der Waals surface area contributed by atoms with E-state index < -0.39 is 32.4 Å². The molecule has 1 aliphatic heterocycles. The van der Waals surface area contributed by atoms with E-state index in [9.17, 15) is 21.6 Å². The molecule has 10 heteroatoms. The molecule has 4 rings (SSSR count). The molecule has 2 unspecified atom stereocenters. The Hall–Kier alpha value is -1.94. The highest BCUT2D eigenvalue weighted by atomic mass is 32.2. The number of rotatable bonds is 5. The maximum Gasteiger partial charge on any atom is 0.416 e. The van der Waals surface area contributed by atoms with Crippen LogP contribution in [0.5, 0.6) is 0 Å². The maximum atomic E-state index is 13.4. The van der Waals surface area contributed by atoms with Crippen LogP contribution in [0.3, 0.4) is 0 Å². The van der Waals surface area contributed by atoms with Crippen molar-refractivity contribution in [2.75, 3.05) is 6.61 Å². The predicted octanol–water partition coefficient (Wildman–Crippen LogP) is 4.44. The topological polar surface area (TPSA) is 82.3 Å². The summed E-state index contributed by atoms with van der Waals surface area (Å²) in [5.74, 6) is 1.07. The van der Waals surface area contributed by atoms with Gasteiger partial charge >= 0.3 is 6.18 Å². The molecule has 1 saturated heterocycles. The molecule has 0 spiro atoms. The zero-order valence-corrected chi connectivity index (χ0v) is 16.6. The SMILES string of the molecule is CCC1(S(=O)(=O)c2cccc(C(F)(F)F)c2)CCOC(c2noc(C3CC3)n2)C1. The van der Waals surface area contributed by atoms with Crippen molar-refractivity contribution in [3.05, 3.63) is 41.5 Å². The van der Waals surface area contributed by atoms with Crippen molar-refractivity contribution in [3.8, 4) is 0 Å². The largest absolute Gasteiger partial charge is 0.416 e. The number of hydrogen-bond donors (Lipinski definition) is 0. The molecule has 2 fully saturated rings. The van der Waals surface area contributed by atoms with Gasteiger partial charge in [0.25, 0.3) is 0 Å². The first kappa shape index (κ1) is 20.3. The molecule has 1 saturated carbocycles. The van der Waals surface area contributed by atoms with Crippen molar-refractivity contribution in [1.29, 1.82) is 0 Å². The molecule has 1 aliphatic carbocycles. The van der Waals surface area contributed by atoms with Gasteiger partial charge in [-0.15, -0.1) is 0 Å². The van der Waals surface area contributed by atoms with Gasteiger partial charge in [-0.05, 0) is 43.9 Å². The minimum Gasteiger partial charge on any atom is -0.370 e. The Balaban J connectivity index is 1.66. The molecule has 2 atom stereocenters. The second-order valence-electron chi connectivity index (χ2n) is 7.64. The van der Waals surface area contributed by atoms with Crippen molar-refractivity contribution >= 4 is 9.84 Å². The van der Waals surface area contributed by atoms with Crippen LogP contribution < -0.4 is 0 Å². The van der Waals surface area contributed by atoms with Crippen LogP contribution in [0.4, 0.5) is 13.2 Å². The van der Waals surface area contributed by atoms with E-state index in [1.165, 1.54) is 6.07 Å². The smallest absolute Gasteiger partial charge is 0.370 e. The second-order valence-corrected chi connectivity index (χ2v) is 9.99. The van der Waals surface area contributed by atoms with Gasteiger partial charge in [0, 0.05) is 18.9 Å². The lowest BCUT2D eigenvalue weighted by molar-refractivity contribution is -0.137. The van der Waals surface area contributed by atoms with Crippen LogP contribution in [0.15, 0.2) is 33.7 Å². The highest BCUT2D eigenvalue weighted by molar-refractivity contribution is 7.92. The van der Waals surface area contributed by atoms with E-state index in [0.29, 0.717) is 17.8 Å². The summed E-state index contributed by atoms with van der Waals surface area (Å²) < 4.78 is 75.8. The molecule has 0 amide bonds. The predicted molar refractivity (Wildman–Crippen MR) is 95.9 cm³/mol. The minimum absolute atomic E-state index is 0.0612. The van der Waals surface area contributed by atoms with E-state index in [0.717, 1.165) is 25.0 Å². The average Bonchev–Trinajstić information content (AvgIpc) is 3.44. The summed E-state index contributed by atoms with van der Waals surface area (Å²) in [7, 11) is -4.06. The summed E-state index contributed by atoms with van der Waals surface area (Å²) in [6.07, 6.45) is -2.85. The summed E-state index contributed by atoms with van der Waals surface area (Å²) in [5.41, 5.74) is -0.985. The molecule has 0 radical (unpaired) electrons. The number of nitrogens with zero attached hydrogens (tertiary/aromatic N) is 2. The fraction of sp³-hybridized carbons (Fsp3) is 0.579. The Morgan fingerprint density at radius 3 is 2.69 bits per heavy atom. The lowest BCUT2D eigenvalue weighted by atomic mass is 9.91. The average molecular weight is 430 g/mol. The van der Waals surface area contributed by atoms with Gasteiger partial charge in [0.2, 0.25) is 11.7 Å². The first-order chi connectivity index (χ1) is 13.7. The van der Waals surface area contributed by atoms with E-state index in [2.05, 4.69) is 10.1 Å². The van der Waals surface area contributed by atoms with Crippen LogP contribution in [0.1, 0.15) is 68.3 Å². The number of hydrogen-bond acceptors (Lipinski definition) is 6. The number of ether oxygens (including phenoxy) is 1. The zero-order valence-electron chi connectivity index (χ0n) is 15.8. The third-order valence-electron chi connectivity index (χ3n) is 5.79. The van der Waals surface area contributed by atoms with Gasteiger partial charge in [-0.1, -0.05) is 18.1 Å². The normalized spacial score (nSPS) is 25.9. The van der Waals surface area contributed by atoms with Gasteiger partial charge in [-0.25, -0.2) is 8.42 Å². The first-order valence-electron chi connectivity index (χ1n) is 9.53. The number of benzene rings is 1. The Morgan fingerprint density at radius 2 is 2.03 bits per heavy atom. The summed E-state index contributed by atoms with van der Waals surface area (Å²) >= 11 is 0. The zero-order chi connectivity index (χ0) is 20.9. The van der Waals surface area contributed by atoms with E-state index >= 15 is 0 Å². The molecule has 1 aromatic carbocycles. The van der Waals surface area contributed by atoms with Gasteiger partial charge in [-0.2, -0.15) is 18.2 Å². The fourth-order valence-electron chi connectivity index (χ4n) is 3.77. The van der Waals surface area contributed by atoms with Gasteiger partial charge < -0.3 is 9.26 Å². The Morgan fingerprint density at radius 1 is 1.28 bits per heavy atom. The van der Waals surface area contributed by atoms with Crippen LogP contribution in [0, 0.1) is 0 Å². The molecule has 2 aliphatic rings. The molecule has 158 valence electrons. The standard InChI is InChI=1S/C19H21F3N2O4S/c1-2-18(29(25,26)14-5-3-4-13(10-14)19(20,21)22)8-9-27-15(11-18)16-23-17(28-24-16)12-6-7-12/h3-5,10,12,15H,2,6-9,11H2,1H3. The fourth-order valence-corrected chi connectivity index (χ4v) is 5.91. The Kier molecular flexibility index (Phi) is 4.97. The van der Waals surface area contributed by atoms with Crippen molar-refractivity contribution in [2.24, 2.45) is 0 Å². The highest BCUT2D eigenvalue weighted by Crippen LogP contribution is 2.45. The van der Waals surface area contributed by atoms with E-state index in [4.69, 9.17) is 9.26 Å². The summed E-state index contributed by atoms with van der Waals surface area (Å²) in [6.45, 7) is 1.86. The molecule has 29 heavy (non-hydrogen) atoms. The van der Waals surface area contributed by atoms with Gasteiger partial charge in [-0.3, -0.25) is 0 Å². The number of aromatic nitrogens is 2. The maximum absolute atomic E-state index is 13.4. The quantitative estimate of drug-likeness (QED) is 0.698. The summed E-state index contributed by atoms with van der Waals surface area (Å²) in [5, 5.41) is 3.95. The molecule has 6 nitrogen and oxygen atoms in total. The van der Waals surface area contributed by atoms with Crippen molar-refractivity contribution in [2.45, 2.75) is 66.9 Å². The van der Waals surface area contributed by atoms with Crippen molar-refractivity contribution in [1.82, 2.24) is 10.1 Å². The Bertz CT molecular complexity index is 1000. The summed E-state index contributed by atoms with van der Waals surface area (Å²) in [4.78, 5) is 4.02. The molecular weight excluding hydrogens is 409 g/mol. The lowest BCUT2D eigenvalue weighted by Crippen LogP contribution is -2.44. The van der Waals surface area contributed by atoms with Crippen LogP contribution in [-0.4, -0.2) is 29.9 Å². The molecule has 2 aromatic rings. The number of halogens is 3. The molecule has 1 aromatic heterocycles. The molecule has 2 heterocycles. The summed E-state index contributed by atoms with van der Waals surface area (Å²) in [6, 6.07) is 3.91. The van der Waals surface area contributed by atoms with Crippen molar-refractivity contribution < 1.29 is 30.8 Å². The van der Waals surface area contributed by atoms with Gasteiger partial charge in [0.15, 0.2) is 9.84 Å². The van der Waals surface area contributed by atoms with Crippen LogP contribution in [0.2, 0.25) is 0 Å². The van der Waals surface area contributed by atoms with Crippen LogP contribution in [-0.2, 0) is 20.8 Å². The Labute approximate surface area is 166 Å². The van der Waals surface area contributed by atoms with Gasteiger partial charge in [0.05, 0.1) is 15.2 Å². The van der Waals surface area contributed by atoms with E-state index in [1.54, 1.807) is 6.92 Å². The van der Waals surface area contributed by atoms with Crippen LogP contribution >= 0.6 is 0 Å². The monoisotopic (exact) mass is 430 g/mol. The first-order valence-corrected chi connectivity index (χ1v) is 11.0.